The molecule has 2 rings (SSSR count). The number of aromatic nitrogens is 2. The molecule has 15 heavy (non-hydrogen) atoms. The standard InChI is InChI=1S/C10H9FN4/c11-7-3-1-6(2-4-7)8-5-14-10(13)15-9(8)12/h1-5H,(H4,12,13,14,15). The van der Waals surface area contributed by atoms with E-state index in [1.165, 1.54) is 18.3 Å². The van der Waals surface area contributed by atoms with Gasteiger partial charge in [0.2, 0.25) is 5.95 Å². The zero-order chi connectivity index (χ0) is 10.8. The van der Waals surface area contributed by atoms with Gasteiger partial charge in [0.15, 0.2) is 0 Å². The van der Waals surface area contributed by atoms with E-state index < -0.39 is 0 Å². The third-order valence-corrected chi connectivity index (χ3v) is 1.99. The highest BCUT2D eigenvalue weighted by Gasteiger charge is 2.04. The van der Waals surface area contributed by atoms with Crippen LogP contribution < -0.4 is 11.5 Å². The lowest BCUT2D eigenvalue weighted by molar-refractivity contribution is 0.628. The summed E-state index contributed by atoms with van der Waals surface area (Å²) in [5.74, 6) is 0.112. The molecule has 1 aromatic carbocycles. The van der Waals surface area contributed by atoms with Crippen LogP contribution in [0.4, 0.5) is 16.2 Å². The summed E-state index contributed by atoms with van der Waals surface area (Å²) in [6.07, 6.45) is 1.52. The molecule has 0 atom stereocenters. The smallest absolute Gasteiger partial charge is 0.221 e. The highest BCUT2D eigenvalue weighted by atomic mass is 19.1. The van der Waals surface area contributed by atoms with Gasteiger partial charge in [0.05, 0.1) is 0 Å². The Morgan fingerprint density at radius 2 is 1.73 bits per heavy atom. The highest BCUT2D eigenvalue weighted by Crippen LogP contribution is 2.23. The average molecular weight is 204 g/mol. The third kappa shape index (κ3) is 1.85. The van der Waals surface area contributed by atoms with Crippen LogP contribution in [-0.2, 0) is 0 Å². The Kier molecular flexibility index (Phi) is 2.21. The molecule has 0 aliphatic heterocycles. The average Bonchev–Trinajstić information content (AvgIpc) is 2.20. The van der Waals surface area contributed by atoms with E-state index in [2.05, 4.69) is 9.97 Å². The van der Waals surface area contributed by atoms with Gasteiger partial charge in [-0.15, -0.1) is 0 Å². The monoisotopic (exact) mass is 204 g/mol. The molecule has 1 aromatic heterocycles. The molecule has 0 bridgehead atoms. The van der Waals surface area contributed by atoms with Crippen LogP contribution in [0.1, 0.15) is 0 Å². The molecule has 0 aliphatic carbocycles. The summed E-state index contributed by atoms with van der Waals surface area (Å²) < 4.78 is 12.7. The number of nitrogens with two attached hydrogens (primary N) is 2. The van der Waals surface area contributed by atoms with Crippen molar-refractivity contribution in [3.05, 3.63) is 36.3 Å². The van der Waals surface area contributed by atoms with Crippen molar-refractivity contribution >= 4 is 11.8 Å². The number of hydrogen-bond donors (Lipinski definition) is 2. The molecule has 1 heterocycles. The topological polar surface area (TPSA) is 77.8 Å². The molecular weight excluding hydrogens is 195 g/mol. The molecule has 0 radical (unpaired) electrons. The van der Waals surface area contributed by atoms with Crippen LogP contribution >= 0.6 is 0 Å². The van der Waals surface area contributed by atoms with Gasteiger partial charge in [-0.05, 0) is 17.7 Å². The summed E-state index contributed by atoms with van der Waals surface area (Å²) in [5, 5.41) is 0. The second kappa shape index (κ2) is 3.53. The van der Waals surface area contributed by atoms with Crippen molar-refractivity contribution < 1.29 is 4.39 Å². The van der Waals surface area contributed by atoms with Gasteiger partial charge in [0.1, 0.15) is 11.6 Å². The molecule has 2 aromatic rings. The number of nitrogen functional groups attached to an aromatic ring is 2. The molecule has 0 aliphatic rings. The van der Waals surface area contributed by atoms with Crippen LogP contribution in [0.2, 0.25) is 0 Å². The highest BCUT2D eigenvalue weighted by molar-refractivity contribution is 5.73. The van der Waals surface area contributed by atoms with E-state index in [4.69, 9.17) is 11.5 Å². The minimum absolute atomic E-state index is 0.123. The summed E-state index contributed by atoms with van der Waals surface area (Å²) >= 11 is 0. The van der Waals surface area contributed by atoms with Crippen LogP contribution in [0.5, 0.6) is 0 Å². The van der Waals surface area contributed by atoms with Crippen LogP contribution in [0.3, 0.4) is 0 Å². The first-order valence-electron chi connectivity index (χ1n) is 4.31. The van der Waals surface area contributed by atoms with Crippen molar-refractivity contribution in [2.24, 2.45) is 0 Å². The first-order chi connectivity index (χ1) is 7.16. The molecule has 0 saturated heterocycles. The summed E-state index contributed by atoms with van der Waals surface area (Å²) in [4.78, 5) is 7.65. The van der Waals surface area contributed by atoms with Crippen molar-refractivity contribution in [3.63, 3.8) is 0 Å². The first kappa shape index (κ1) is 9.39. The molecule has 0 spiro atoms. The Morgan fingerprint density at radius 1 is 1.07 bits per heavy atom. The Labute approximate surface area is 85.8 Å². The van der Waals surface area contributed by atoms with E-state index in [-0.39, 0.29) is 17.6 Å². The van der Waals surface area contributed by atoms with Crippen molar-refractivity contribution in [2.75, 3.05) is 11.5 Å². The van der Waals surface area contributed by atoms with E-state index in [0.29, 0.717) is 5.56 Å². The molecule has 76 valence electrons. The SMILES string of the molecule is Nc1ncc(-c2ccc(F)cc2)c(N)n1. The van der Waals surface area contributed by atoms with Gasteiger partial charge in [-0.3, -0.25) is 0 Å². The number of benzene rings is 1. The summed E-state index contributed by atoms with van der Waals surface area (Å²) in [6, 6.07) is 5.93. The van der Waals surface area contributed by atoms with E-state index in [1.54, 1.807) is 12.1 Å². The maximum absolute atomic E-state index is 12.7. The maximum atomic E-state index is 12.7. The normalized spacial score (nSPS) is 10.2. The molecular formula is C10H9FN4. The number of nitrogens with zero attached hydrogens (tertiary/aromatic N) is 2. The van der Waals surface area contributed by atoms with Crippen molar-refractivity contribution in [2.45, 2.75) is 0 Å². The first-order valence-corrected chi connectivity index (χ1v) is 4.31. The minimum Gasteiger partial charge on any atom is -0.383 e. The lowest BCUT2D eigenvalue weighted by Gasteiger charge is -2.04. The van der Waals surface area contributed by atoms with Crippen LogP contribution in [0.15, 0.2) is 30.5 Å². The number of halogens is 1. The Balaban J connectivity index is 2.49. The van der Waals surface area contributed by atoms with E-state index in [9.17, 15) is 4.39 Å². The zero-order valence-electron chi connectivity index (χ0n) is 7.81. The third-order valence-electron chi connectivity index (χ3n) is 1.99. The minimum atomic E-state index is -0.298. The van der Waals surface area contributed by atoms with E-state index >= 15 is 0 Å². The zero-order valence-corrected chi connectivity index (χ0v) is 7.81. The fourth-order valence-electron chi connectivity index (χ4n) is 1.26. The lowest BCUT2D eigenvalue weighted by atomic mass is 10.1. The lowest BCUT2D eigenvalue weighted by Crippen LogP contribution is -2.00. The van der Waals surface area contributed by atoms with Gasteiger partial charge in [0.25, 0.3) is 0 Å². The molecule has 4 nitrogen and oxygen atoms in total. The summed E-state index contributed by atoms with van der Waals surface area (Å²) in [5.41, 5.74) is 12.4. The molecule has 0 unspecified atom stereocenters. The van der Waals surface area contributed by atoms with Crippen molar-refractivity contribution in [3.8, 4) is 11.1 Å². The molecule has 0 amide bonds. The van der Waals surface area contributed by atoms with Gasteiger partial charge >= 0.3 is 0 Å². The van der Waals surface area contributed by atoms with Gasteiger partial charge in [0, 0.05) is 11.8 Å². The van der Waals surface area contributed by atoms with E-state index in [0.717, 1.165) is 5.56 Å². The van der Waals surface area contributed by atoms with Crippen LogP contribution in [0, 0.1) is 5.82 Å². The maximum Gasteiger partial charge on any atom is 0.221 e. The fraction of sp³-hybridized carbons (Fsp3) is 0. The number of hydrogen-bond acceptors (Lipinski definition) is 4. The van der Waals surface area contributed by atoms with Gasteiger partial charge in [-0.1, -0.05) is 12.1 Å². The molecule has 0 fully saturated rings. The van der Waals surface area contributed by atoms with Gasteiger partial charge < -0.3 is 11.5 Å². The molecule has 5 heteroatoms. The largest absolute Gasteiger partial charge is 0.383 e. The Morgan fingerprint density at radius 3 is 2.33 bits per heavy atom. The van der Waals surface area contributed by atoms with Crippen LogP contribution in [0.25, 0.3) is 11.1 Å². The fourth-order valence-corrected chi connectivity index (χ4v) is 1.26. The molecule has 0 saturated carbocycles. The van der Waals surface area contributed by atoms with Gasteiger partial charge in [-0.2, -0.15) is 4.98 Å². The molecule has 4 N–H and O–H groups in total. The Bertz CT molecular complexity index is 481. The predicted molar refractivity (Wildman–Crippen MR) is 56.3 cm³/mol. The van der Waals surface area contributed by atoms with Crippen LogP contribution in [-0.4, -0.2) is 9.97 Å². The Hall–Kier alpha value is -2.17. The summed E-state index contributed by atoms with van der Waals surface area (Å²) in [6.45, 7) is 0. The van der Waals surface area contributed by atoms with Crippen molar-refractivity contribution in [1.29, 1.82) is 0 Å². The quantitative estimate of drug-likeness (QED) is 0.736. The summed E-state index contributed by atoms with van der Waals surface area (Å²) in [7, 11) is 0. The van der Waals surface area contributed by atoms with E-state index in [1.807, 2.05) is 0 Å². The van der Waals surface area contributed by atoms with Crippen molar-refractivity contribution in [1.82, 2.24) is 9.97 Å². The predicted octanol–water partition coefficient (Wildman–Crippen LogP) is 1.45. The number of rotatable bonds is 1. The van der Waals surface area contributed by atoms with Gasteiger partial charge in [-0.25, -0.2) is 9.37 Å². The second-order valence-electron chi connectivity index (χ2n) is 3.03. The second-order valence-corrected chi connectivity index (χ2v) is 3.03. The number of anilines is 2.